The van der Waals surface area contributed by atoms with Gasteiger partial charge in [-0.25, -0.2) is 0 Å². The minimum Gasteiger partial charge on any atom is -0.394 e. The number of aliphatic hydroxyl groups excluding tert-OH is 8. The third-order valence-electron chi connectivity index (χ3n) is 5.95. The molecule has 0 aromatic rings. The summed E-state index contributed by atoms with van der Waals surface area (Å²) in [6.45, 7) is -1.19. The third-order valence-corrected chi connectivity index (χ3v) is 5.95. The maximum absolute atomic E-state index is 12.1. The Hall–Kier alpha value is -1.46. The predicted octanol–water partition coefficient (Wildman–Crippen LogP) is -4.84. The van der Waals surface area contributed by atoms with Gasteiger partial charge in [0.05, 0.1) is 13.2 Å². The van der Waals surface area contributed by atoms with Crippen molar-refractivity contribution in [3.8, 4) is 0 Å². The number of hydrogen-bond acceptors (Lipinski definition) is 12. The number of hydrogen-bond donors (Lipinski definition) is 10. The summed E-state index contributed by atoms with van der Waals surface area (Å²) in [6, 6.07) is 0. The molecule has 14 nitrogen and oxygen atoms in total. The fourth-order valence-corrected chi connectivity index (χ4v) is 3.83. The smallest absolute Gasteiger partial charge is 0.222 e. The summed E-state index contributed by atoms with van der Waals surface area (Å²) in [6.07, 6.45) is -11.7. The van der Waals surface area contributed by atoms with Gasteiger partial charge in [-0.15, -0.1) is 0 Å². The quantitative estimate of drug-likeness (QED) is 0.121. The van der Waals surface area contributed by atoms with Gasteiger partial charge in [-0.05, 0) is 12.8 Å². The molecule has 198 valence electrons. The van der Waals surface area contributed by atoms with E-state index >= 15 is 0 Å². The van der Waals surface area contributed by atoms with Crippen molar-refractivity contribution in [1.29, 1.82) is 0 Å². The molecule has 0 aromatic heterocycles. The summed E-state index contributed by atoms with van der Waals surface area (Å²) in [5.41, 5.74) is 0. The molecule has 2 rings (SSSR count). The van der Waals surface area contributed by atoms with Gasteiger partial charge in [0, 0.05) is 12.8 Å². The molecule has 0 aliphatic carbocycles. The number of aliphatic hydroxyl groups is 8. The molecule has 2 aliphatic heterocycles. The Morgan fingerprint density at radius 3 is 1.24 bits per heavy atom. The zero-order valence-electron chi connectivity index (χ0n) is 18.6. The average Bonchev–Trinajstić information content (AvgIpc) is 2.81. The summed E-state index contributed by atoms with van der Waals surface area (Å²) in [4.78, 5) is 24.1. The van der Waals surface area contributed by atoms with E-state index in [-0.39, 0.29) is 12.8 Å². The van der Waals surface area contributed by atoms with E-state index in [0.29, 0.717) is 25.7 Å². The molecule has 2 amide bonds. The SMILES string of the molecule is O=C(CCCCCCC(=O)N[C@@H]1O[C@H](CO)[C@@H](O)[C@H](O)[C@H]1O)N[C@@H]1O[C@H](CO)[C@@H](O)[C@H](O)[C@H]1O. The van der Waals surface area contributed by atoms with Crippen LogP contribution in [0.2, 0.25) is 0 Å². The van der Waals surface area contributed by atoms with Crippen LogP contribution in [0.4, 0.5) is 0 Å². The highest BCUT2D eigenvalue weighted by molar-refractivity contribution is 5.76. The second kappa shape index (κ2) is 13.6. The Morgan fingerprint density at radius 1 is 0.559 bits per heavy atom. The maximum Gasteiger partial charge on any atom is 0.222 e. The minimum absolute atomic E-state index is 0.0894. The van der Waals surface area contributed by atoms with Gasteiger partial charge in [0.1, 0.15) is 48.8 Å². The first-order chi connectivity index (χ1) is 16.1. The lowest BCUT2D eigenvalue weighted by Gasteiger charge is -2.40. The van der Waals surface area contributed by atoms with E-state index in [9.17, 15) is 40.2 Å². The van der Waals surface area contributed by atoms with Crippen molar-refractivity contribution in [2.24, 2.45) is 0 Å². The van der Waals surface area contributed by atoms with E-state index in [0.717, 1.165) is 0 Å². The maximum atomic E-state index is 12.1. The van der Waals surface area contributed by atoms with Crippen LogP contribution in [0.25, 0.3) is 0 Å². The molecule has 10 N–H and O–H groups in total. The van der Waals surface area contributed by atoms with E-state index < -0.39 is 86.3 Å². The van der Waals surface area contributed by atoms with Crippen LogP contribution >= 0.6 is 0 Å². The number of nitrogens with one attached hydrogen (secondary N) is 2. The van der Waals surface area contributed by atoms with Gasteiger partial charge < -0.3 is 61.0 Å². The molecule has 2 fully saturated rings. The van der Waals surface area contributed by atoms with Crippen molar-refractivity contribution in [1.82, 2.24) is 10.6 Å². The molecule has 0 spiro atoms. The van der Waals surface area contributed by atoms with E-state index in [1.54, 1.807) is 0 Å². The van der Waals surface area contributed by atoms with Crippen molar-refractivity contribution >= 4 is 11.8 Å². The zero-order chi connectivity index (χ0) is 25.4. The first kappa shape index (κ1) is 28.8. The summed E-state index contributed by atoms with van der Waals surface area (Å²) >= 11 is 0. The topological polar surface area (TPSA) is 238 Å². The van der Waals surface area contributed by atoms with Gasteiger partial charge in [0.2, 0.25) is 11.8 Å². The van der Waals surface area contributed by atoms with Crippen molar-refractivity contribution < 1.29 is 59.9 Å². The summed E-state index contributed by atoms with van der Waals surface area (Å²) in [7, 11) is 0. The number of unbranched alkanes of at least 4 members (excludes halogenated alkanes) is 3. The number of ether oxygens (including phenoxy) is 2. The highest BCUT2D eigenvalue weighted by Gasteiger charge is 2.44. The first-order valence-corrected chi connectivity index (χ1v) is 11.3. The summed E-state index contributed by atoms with van der Waals surface area (Å²) in [5, 5.41) is 81.9. The Bertz CT molecular complexity index is 597. The Kier molecular flexibility index (Phi) is 11.5. The number of carbonyl (C=O) groups is 2. The molecule has 14 heteroatoms. The summed E-state index contributed by atoms with van der Waals surface area (Å²) < 4.78 is 10.4. The number of rotatable bonds is 11. The van der Waals surface area contributed by atoms with E-state index in [4.69, 9.17) is 19.7 Å². The molecule has 0 unspecified atom stereocenters. The lowest BCUT2D eigenvalue weighted by molar-refractivity contribution is -0.236. The van der Waals surface area contributed by atoms with E-state index in [1.807, 2.05) is 0 Å². The fraction of sp³-hybridized carbons (Fsp3) is 0.900. The largest absolute Gasteiger partial charge is 0.394 e. The standard InChI is InChI=1S/C20H36N2O12/c23-7-9-13(27)15(29)17(31)19(33-9)21-11(25)5-3-1-2-4-6-12(26)22-20-18(32)16(30)14(28)10(8-24)34-20/h9-10,13-20,23-24,27-32H,1-8H2,(H,21,25)(H,22,26)/t9-,10-,13-,14-,15+,16+,17-,18-,19-,20-/m1/s1. The number of carbonyl (C=O) groups excluding carboxylic acids is 2. The molecular formula is C20H36N2O12. The van der Waals surface area contributed by atoms with Crippen LogP contribution < -0.4 is 10.6 Å². The highest BCUT2D eigenvalue weighted by Crippen LogP contribution is 2.21. The van der Waals surface area contributed by atoms with Crippen molar-refractivity contribution in [2.45, 2.75) is 99.8 Å². The van der Waals surface area contributed by atoms with E-state index in [2.05, 4.69) is 10.6 Å². The molecule has 10 atom stereocenters. The second-order valence-corrected chi connectivity index (χ2v) is 8.55. The van der Waals surface area contributed by atoms with Gasteiger partial charge in [-0.2, -0.15) is 0 Å². The first-order valence-electron chi connectivity index (χ1n) is 11.3. The van der Waals surface area contributed by atoms with Crippen LogP contribution in [0, 0.1) is 0 Å². The van der Waals surface area contributed by atoms with Gasteiger partial charge >= 0.3 is 0 Å². The zero-order valence-corrected chi connectivity index (χ0v) is 18.6. The van der Waals surface area contributed by atoms with Crippen LogP contribution in [0.3, 0.4) is 0 Å². The van der Waals surface area contributed by atoms with Crippen LogP contribution in [0.5, 0.6) is 0 Å². The number of amides is 2. The predicted molar refractivity (Wildman–Crippen MR) is 112 cm³/mol. The van der Waals surface area contributed by atoms with Crippen molar-refractivity contribution in [3.05, 3.63) is 0 Å². The van der Waals surface area contributed by atoms with E-state index in [1.165, 1.54) is 0 Å². The fourth-order valence-electron chi connectivity index (χ4n) is 3.83. The lowest BCUT2D eigenvalue weighted by atomic mass is 9.98. The summed E-state index contributed by atoms with van der Waals surface area (Å²) in [5.74, 6) is -0.908. The Morgan fingerprint density at radius 2 is 0.912 bits per heavy atom. The van der Waals surface area contributed by atoms with Crippen molar-refractivity contribution in [3.63, 3.8) is 0 Å². The molecule has 0 saturated carbocycles. The lowest BCUT2D eigenvalue weighted by Crippen LogP contribution is -2.63. The van der Waals surface area contributed by atoms with Gasteiger partial charge in [-0.3, -0.25) is 9.59 Å². The van der Waals surface area contributed by atoms with Crippen LogP contribution in [-0.2, 0) is 19.1 Å². The molecule has 0 bridgehead atoms. The molecule has 2 heterocycles. The monoisotopic (exact) mass is 496 g/mol. The molecule has 0 aromatic carbocycles. The molecular weight excluding hydrogens is 460 g/mol. The van der Waals surface area contributed by atoms with Gasteiger partial charge in [0.25, 0.3) is 0 Å². The molecule has 34 heavy (non-hydrogen) atoms. The third kappa shape index (κ3) is 7.52. The van der Waals surface area contributed by atoms with Gasteiger partial charge in [0.15, 0.2) is 12.5 Å². The minimum atomic E-state index is -1.58. The van der Waals surface area contributed by atoms with Crippen molar-refractivity contribution in [2.75, 3.05) is 13.2 Å². The normalized spacial score (nSPS) is 38.4. The van der Waals surface area contributed by atoms with Crippen LogP contribution in [0.1, 0.15) is 38.5 Å². The van der Waals surface area contributed by atoms with Gasteiger partial charge in [-0.1, -0.05) is 12.8 Å². The molecule has 2 saturated heterocycles. The molecule has 2 aliphatic rings. The van der Waals surface area contributed by atoms with Crippen LogP contribution in [-0.4, -0.2) is 127 Å². The highest BCUT2D eigenvalue weighted by atomic mass is 16.6. The van der Waals surface area contributed by atoms with Crippen LogP contribution in [0.15, 0.2) is 0 Å². The second-order valence-electron chi connectivity index (χ2n) is 8.55. The Labute approximate surface area is 196 Å². The molecule has 0 radical (unpaired) electrons. The Balaban J connectivity index is 1.61. The average molecular weight is 497 g/mol.